The number of hydrogen-bond acceptors (Lipinski definition) is 4. The van der Waals surface area contributed by atoms with Crippen LogP contribution < -0.4 is 10.1 Å². The standard InChI is InChI=1S/C15H19BN2O2/c1-15(2,3)11-7-10(13(19)9-16)8-12(14(11)20-4)18-6-5-17/h7-8,18H,6,9H2,1-4H3. The maximum Gasteiger partial charge on any atom is 0.154 e. The van der Waals surface area contributed by atoms with Crippen LogP contribution in [0.15, 0.2) is 12.1 Å². The Hall–Kier alpha value is -1.96. The van der Waals surface area contributed by atoms with Crippen LogP contribution in [0.3, 0.4) is 0 Å². The number of anilines is 1. The first-order valence-electron chi connectivity index (χ1n) is 6.41. The lowest BCUT2D eigenvalue weighted by atomic mass is 9.83. The van der Waals surface area contributed by atoms with Crippen molar-refractivity contribution in [3.8, 4) is 11.8 Å². The third-order valence-electron chi connectivity index (χ3n) is 2.97. The van der Waals surface area contributed by atoms with Gasteiger partial charge in [0.25, 0.3) is 0 Å². The van der Waals surface area contributed by atoms with Gasteiger partial charge in [-0.15, -0.1) is 0 Å². The van der Waals surface area contributed by atoms with Gasteiger partial charge in [-0.05, 0) is 23.9 Å². The molecule has 0 aliphatic rings. The number of carbonyl (C=O) groups excluding carboxylic acids is 1. The van der Waals surface area contributed by atoms with E-state index in [2.05, 4.69) is 5.32 Å². The third kappa shape index (κ3) is 3.54. The van der Waals surface area contributed by atoms with Crippen LogP contribution in [0.4, 0.5) is 5.69 Å². The van der Waals surface area contributed by atoms with E-state index < -0.39 is 0 Å². The molecule has 0 heterocycles. The molecule has 2 radical (unpaired) electrons. The van der Waals surface area contributed by atoms with Crippen LogP contribution in [-0.2, 0) is 5.41 Å². The van der Waals surface area contributed by atoms with Gasteiger partial charge < -0.3 is 10.1 Å². The molecule has 1 rings (SSSR count). The van der Waals surface area contributed by atoms with Gasteiger partial charge in [0.2, 0.25) is 0 Å². The summed E-state index contributed by atoms with van der Waals surface area (Å²) in [5.41, 5.74) is 1.87. The number of nitrogens with one attached hydrogen (secondary N) is 1. The number of Topliss-reactive ketones (excluding diaryl/α,β-unsaturated/α-hetero) is 1. The van der Waals surface area contributed by atoms with Crippen molar-refractivity contribution in [3.63, 3.8) is 0 Å². The Kier molecular flexibility index (Phi) is 5.21. The van der Waals surface area contributed by atoms with Crippen molar-refractivity contribution in [1.29, 1.82) is 5.26 Å². The van der Waals surface area contributed by atoms with Crippen LogP contribution in [0.5, 0.6) is 5.75 Å². The molecule has 5 heteroatoms. The van der Waals surface area contributed by atoms with E-state index in [1.807, 2.05) is 32.9 Å². The molecule has 0 spiro atoms. The predicted molar refractivity (Wildman–Crippen MR) is 80.7 cm³/mol. The molecule has 0 amide bonds. The Morgan fingerprint density at radius 3 is 2.55 bits per heavy atom. The van der Waals surface area contributed by atoms with Crippen LogP contribution in [-0.4, -0.2) is 27.3 Å². The van der Waals surface area contributed by atoms with Crippen molar-refractivity contribution in [3.05, 3.63) is 23.3 Å². The summed E-state index contributed by atoms with van der Waals surface area (Å²) >= 11 is 0. The summed E-state index contributed by atoms with van der Waals surface area (Å²) in [5, 5.41) is 11.7. The smallest absolute Gasteiger partial charge is 0.154 e. The summed E-state index contributed by atoms with van der Waals surface area (Å²) < 4.78 is 5.45. The van der Waals surface area contributed by atoms with Gasteiger partial charge in [0.15, 0.2) is 5.78 Å². The minimum atomic E-state index is -0.195. The Morgan fingerprint density at radius 2 is 2.10 bits per heavy atom. The minimum Gasteiger partial charge on any atom is -0.494 e. The summed E-state index contributed by atoms with van der Waals surface area (Å²) in [6, 6.07) is 5.50. The molecule has 0 aliphatic carbocycles. The van der Waals surface area contributed by atoms with Crippen LogP contribution in [0.1, 0.15) is 36.7 Å². The highest BCUT2D eigenvalue weighted by atomic mass is 16.5. The lowest BCUT2D eigenvalue weighted by Gasteiger charge is -2.25. The highest BCUT2D eigenvalue weighted by molar-refractivity contribution is 6.24. The number of rotatable bonds is 5. The molecular formula is C15H19BN2O2. The summed E-state index contributed by atoms with van der Waals surface area (Å²) in [6.45, 7) is 6.25. The van der Waals surface area contributed by atoms with Gasteiger partial charge in [-0.3, -0.25) is 4.79 Å². The molecule has 1 N–H and O–H groups in total. The largest absolute Gasteiger partial charge is 0.494 e. The highest BCUT2D eigenvalue weighted by Gasteiger charge is 2.23. The van der Waals surface area contributed by atoms with Crippen LogP contribution in [0.2, 0.25) is 6.32 Å². The molecule has 1 aromatic carbocycles. The lowest BCUT2D eigenvalue weighted by Crippen LogP contribution is -2.16. The summed E-state index contributed by atoms with van der Waals surface area (Å²) in [4.78, 5) is 11.9. The zero-order chi connectivity index (χ0) is 15.3. The van der Waals surface area contributed by atoms with Crippen LogP contribution >= 0.6 is 0 Å². The number of benzene rings is 1. The molecule has 20 heavy (non-hydrogen) atoms. The lowest BCUT2D eigenvalue weighted by molar-refractivity contribution is 0.101. The van der Waals surface area contributed by atoms with Gasteiger partial charge in [-0.25, -0.2) is 0 Å². The number of carbonyl (C=O) groups is 1. The van der Waals surface area contributed by atoms with E-state index in [-0.39, 0.29) is 24.1 Å². The molecule has 0 bridgehead atoms. The van der Waals surface area contributed by atoms with Crippen molar-refractivity contribution in [1.82, 2.24) is 0 Å². The molecule has 0 aliphatic heterocycles. The fourth-order valence-electron chi connectivity index (χ4n) is 1.95. The van der Waals surface area contributed by atoms with Gasteiger partial charge in [-0.2, -0.15) is 5.26 Å². The molecular weight excluding hydrogens is 251 g/mol. The normalized spacial score (nSPS) is 10.8. The molecule has 0 fully saturated rings. The first kappa shape index (κ1) is 16.1. The zero-order valence-corrected chi connectivity index (χ0v) is 12.4. The third-order valence-corrected chi connectivity index (χ3v) is 2.97. The second kappa shape index (κ2) is 6.47. The van der Waals surface area contributed by atoms with E-state index in [4.69, 9.17) is 17.8 Å². The van der Waals surface area contributed by atoms with Gasteiger partial charge in [-0.1, -0.05) is 20.8 Å². The fraction of sp³-hybridized carbons (Fsp3) is 0.467. The maximum absolute atomic E-state index is 11.9. The Bertz CT molecular complexity index is 542. The van der Waals surface area contributed by atoms with Gasteiger partial charge in [0.05, 0.1) is 26.7 Å². The zero-order valence-electron chi connectivity index (χ0n) is 12.4. The minimum absolute atomic E-state index is 0.0480. The summed E-state index contributed by atoms with van der Waals surface area (Å²) in [7, 11) is 7.01. The van der Waals surface area contributed by atoms with Gasteiger partial charge >= 0.3 is 0 Å². The van der Waals surface area contributed by atoms with Crippen molar-refractivity contribution in [2.45, 2.75) is 32.5 Å². The maximum atomic E-state index is 11.9. The van der Waals surface area contributed by atoms with E-state index in [0.29, 0.717) is 17.0 Å². The molecule has 0 aromatic heterocycles. The molecule has 0 saturated heterocycles. The van der Waals surface area contributed by atoms with Gasteiger partial charge in [0.1, 0.15) is 12.3 Å². The molecule has 104 valence electrons. The molecule has 4 nitrogen and oxygen atoms in total. The molecule has 0 atom stereocenters. The SMILES string of the molecule is [B]CC(=O)c1cc(NCC#N)c(OC)c(C(C)(C)C)c1. The van der Waals surface area contributed by atoms with Gasteiger partial charge in [0, 0.05) is 11.1 Å². The highest BCUT2D eigenvalue weighted by Crippen LogP contribution is 2.38. The van der Waals surface area contributed by atoms with Crippen LogP contribution in [0, 0.1) is 11.3 Å². The molecule has 0 unspecified atom stereocenters. The Morgan fingerprint density at radius 1 is 1.45 bits per heavy atom. The van der Waals surface area contributed by atoms with E-state index in [0.717, 1.165) is 5.56 Å². The number of ether oxygens (including phenoxy) is 1. The summed E-state index contributed by atoms with van der Waals surface area (Å²) in [6.07, 6.45) is -0.0480. The molecule has 0 saturated carbocycles. The Labute approximate surface area is 121 Å². The van der Waals surface area contributed by atoms with E-state index >= 15 is 0 Å². The average molecular weight is 270 g/mol. The number of nitrogens with zero attached hydrogens (tertiary/aromatic N) is 1. The number of methoxy groups -OCH3 is 1. The number of ketones is 1. The van der Waals surface area contributed by atoms with Crippen molar-refractivity contribution in [2.75, 3.05) is 19.0 Å². The molecule has 1 aromatic rings. The van der Waals surface area contributed by atoms with E-state index in [1.165, 1.54) is 0 Å². The quantitative estimate of drug-likeness (QED) is 0.507. The van der Waals surface area contributed by atoms with Crippen LogP contribution in [0.25, 0.3) is 0 Å². The van der Waals surface area contributed by atoms with E-state index in [9.17, 15) is 4.79 Å². The monoisotopic (exact) mass is 270 g/mol. The van der Waals surface area contributed by atoms with E-state index in [1.54, 1.807) is 13.2 Å². The second-order valence-electron chi connectivity index (χ2n) is 5.49. The number of hydrogen-bond donors (Lipinski definition) is 1. The topological polar surface area (TPSA) is 62.1 Å². The van der Waals surface area contributed by atoms with Crippen molar-refractivity contribution >= 4 is 19.3 Å². The summed E-state index contributed by atoms with van der Waals surface area (Å²) in [5.74, 6) is 0.513. The predicted octanol–water partition coefficient (Wildman–Crippen LogP) is 2.70. The number of nitriles is 1. The first-order valence-corrected chi connectivity index (χ1v) is 6.41. The average Bonchev–Trinajstić information content (AvgIpc) is 2.41. The fourth-order valence-corrected chi connectivity index (χ4v) is 1.95. The van der Waals surface area contributed by atoms with Crippen molar-refractivity contribution in [2.24, 2.45) is 0 Å². The Balaban J connectivity index is 3.48. The second-order valence-corrected chi connectivity index (χ2v) is 5.49. The first-order chi connectivity index (χ1) is 9.35. The van der Waals surface area contributed by atoms with Crippen molar-refractivity contribution < 1.29 is 9.53 Å².